The number of thioether (sulfide) groups is 1. The molecule has 2 heterocycles. The number of pyridine rings is 1. The number of hydrogen-bond acceptors (Lipinski definition) is 4. The van der Waals surface area contributed by atoms with Crippen molar-refractivity contribution in [3.05, 3.63) is 23.4 Å². The van der Waals surface area contributed by atoms with Crippen molar-refractivity contribution in [3.63, 3.8) is 0 Å². The van der Waals surface area contributed by atoms with E-state index < -0.39 is 0 Å². The summed E-state index contributed by atoms with van der Waals surface area (Å²) in [6, 6.07) is 4.31. The van der Waals surface area contributed by atoms with Gasteiger partial charge in [0.15, 0.2) is 0 Å². The van der Waals surface area contributed by atoms with Gasteiger partial charge in [0.05, 0.1) is 0 Å². The zero-order valence-corrected chi connectivity index (χ0v) is 12.0. The lowest BCUT2D eigenvalue weighted by Crippen LogP contribution is -2.27. The summed E-state index contributed by atoms with van der Waals surface area (Å²) in [6.07, 6.45) is 3.43. The van der Waals surface area contributed by atoms with Crippen LogP contribution in [0.4, 0.5) is 5.82 Å². The highest BCUT2D eigenvalue weighted by Crippen LogP contribution is 2.20. The molecule has 100 valence electrons. The molecule has 0 amide bonds. The Bertz CT molecular complexity index is 373. The molecule has 1 aromatic rings. The van der Waals surface area contributed by atoms with Crippen LogP contribution in [0.25, 0.3) is 0 Å². The number of rotatable bonds is 4. The maximum Gasteiger partial charge on any atom is 0.129 e. The van der Waals surface area contributed by atoms with Gasteiger partial charge in [0, 0.05) is 31.1 Å². The largest absolute Gasteiger partial charge is 0.356 e. The van der Waals surface area contributed by atoms with Crippen LogP contribution in [0.1, 0.15) is 31.0 Å². The minimum absolute atomic E-state index is 0.606. The summed E-state index contributed by atoms with van der Waals surface area (Å²) >= 11 is 2.04. The SMILES string of the molecule is CCCc1cc(CN)cc(N2CCCSCC2)n1. The molecular weight excluding hydrogens is 242 g/mol. The summed E-state index contributed by atoms with van der Waals surface area (Å²) in [6.45, 7) is 5.03. The maximum absolute atomic E-state index is 5.79. The van der Waals surface area contributed by atoms with Gasteiger partial charge in [0.2, 0.25) is 0 Å². The monoisotopic (exact) mass is 265 g/mol. The van der Waals surface area contributed by atoms with E-state index in [0.29, 0.717) is 6.54 Å². The van der Waals surface area contributed by atoms with E-state index in [1.165, 1.54) is 29.2 Å². The summed E-state index contributed by atoms with van der Waals surface area (Å²) in [7, 11) is 0. The molecule has 3 nitrogen and oxygen atoms in total. The Morgan fingerprint density at radius 1 is 1.33 bits per heavy atom. The van der Waals surface area contributed by atoms with Gasteiger partial charge in [-0.3, -0.25) is 0 Å². The van der Waals surface area contributed by atoms with E-state index in [9.17, 15) is 0 Å². The number of nitrogens with two attached hydrogens (primary N) is 1. The molecule has 4 heteroatoms. The van der Waals surface area contributed by atoms with Crippen LogP contribution in [0, 0.1) is 0 Å². The average Bonchev–Trinajstić information content (AvgIpc) is 2.67. The maximum atomic E-state index is 5.79. The van der Waals surface area contributed by atoms with Crippen LogP contribution in [-0.2, 0) is 13.0 Å². The van der Waals surface area contributed by atoms with E-state index in [-0.39, 0.29) is 0 Å². The predicted octanol–water partition coefficient (Wildman–Crippen LogP) is 2.44. The fraction of sp³-hybridized carbons (Fsp3) is 0.643. The van der Waals surface area contributed by atoms with Gasteiger partial charge >= 0.3 is 0 Å². The van der Waals surface area contributed by atoms with Crippen LogP contribution in [0.2, 0.25) is 0 Å². The van der Waals surface area contributed by atoms with E-state index in [1.54, 1.807) is 0 Å². The van der Waals surface area contributed by atoms with Crippen molar-refractivity contribution in [1.29, 1.82) is 0 Å². The minimum Gasteiger partial charge on any atom is -0.356 e. The molecule has 0 aromatic carbocycles. The highest BCUT2D eigenvalue weighted by atomic mass is 32.2. The molecular formula is C14H23N3S. The number of nitrogens with zero attached hydrogens (tertiary/aromatic N) is 2. The van der Waals surface area contributed by atoms with Crippen molar-refractivity contribution >= 4 is 17.6 Å². The molecule has 0 unspecified atom stereocenters. The second kappa shape index (κ2) is 7.00. The van der Waals surface area contributed by atoms with Crippen molar-refractivity contribution in [2.45, 2.75) is 32.7 Å². The first kappa shape index (κ1) is 13.7. The molecule has 1 aliphatic rings. The molecule has 1 aromatic heterocycles. The molecule has 2 rings (SSSR count). The van der Waals surface area contributed by atoms with Gasteiger partial charge in [-0.15, -0.1) is 0 Å². The lowest BCUT2D eigenvalue weighted by molar-refractivity contribution is 0.786. The van der Waals surface area contributed by atoms with Crippen molar-refractivity contribution < 1.29 is 0 Å². The molecule has 0 aliphatic carbocycles. The molecule has 1 fully saturated rings. The van der Waals surface area contributed by atoms with Crippen molar-refractivity contribution in [2.24, 2.45) is 5.73 Å². The Hall–Kier alpha value is -0.740. The minimum atomic E-state index is 0.606. The molecule has 0 radical (unpaired) electrons. The molecule has 18 heavy (non-hydrogen) atoms. The Labute approximate surface area is 114 Å². The van der Waals surface area contributed by atoms with Crippen LogP contribution in [0.15, 0.2) is 12.1 Å². The van der Waals surface area contributed by atoms with Gasteiger partial charge in [-0.2, -0.15) is 11.8 Å². The molecule has 0 saturated carbocycles. The Kier molecular flexibility index (Phi) is 5.32. The van der Waals surface area contributed by atoms with Gasteiger partial charge in [-0.1, -0.05) is 13.3 Å². The fourth-order valence-electron chi connectivity index (χ4n) is 2.27. The number of aryl methyl sites for hydroxylation is 1. The lowest BCUT2D eigenvalue weighted by Gasteiger charge is -2.22. The first-order chi connectivity index (χ1) is 8.83. The van der Waals surface area contributed by atoms with Gasteiger partial charge in [0.25, 0.3) is 0 Å². The van der Waals surface area contributed by atoms with E-state index in [1.807, 2.05) is 11.8 Å². The first-order valence-electron chi connectivity index (χ1n) is 6.86. The number of anilines is 1. The van der Waals surface area contributed by atoms with Crippen molar-refractivity contribution in [1.82, 2.24) is 4.98 Å². The number of hydrogen-bond donors (Lipinski definition) is 1. The highest BCUT2D eigenvalue weighted by molar-refractivity contribution is 7.99. The average molecular weight is 265 g/mol. The highest BCUT2D eigenvalue weighted by Gasteiger charge is 2.12. The second-order valence-electron chi connectivity index (χ2n) is 4.73. The van der Waals surface area contributed by atoms with E-state index >= 15 is 0 Å². The Balaban J connectivity index is 2.21. The van der Waals surface area contributed by atoms with Gasteiger partial charge in [-0.05, 0) is 36.3 Å². The van der Waals surface area contributed by atoms with E-state index in [0.717, 1.165) is 31.7 Å². The summed E-state index contributed by atoms with van der Waals surface area (Å²) in [5, 5.41) is 0. The molecule has 1 saturated heterocycles. The molecule has 0 atom stereocenters. The van der Waals surface area contributed by atoms with Crippen LogP contribution in [0.5, 0.6) is 0 Å². The van der Waals surface area contributed by atoms with Crippen LogP contribution < -0.4 is 10.6 Å². The van der Waals surface area contributed by atoms with E-state index in [4.69, 9.17) is 10.7 Å². The Morgan fingerprint density at radius 2 is 2.22 bits per heavy atom. The number of aromatic nitrogens is 1. The van der Waals surface area contributed by atoms with Gasteiger partial charge < -0.3 is 10.6 Å². The molecule has 0 spiro atoms. The zero-order chi connectivity index (χ0) is 12.8. The van der Waals surface area contributed by atoms with E-state index in [2.05, 4.69) is 24.0 Å². The summed E-state index contributed by atoms with van der Waals surface area (Å²) in [5.74, 6) is 3.61. The van der Waals surface area contributed by atoms with Crippen molar-refractivity contribution in [3.8, 4) is 0 Å². The van der Waals surface area contributed by atoms with Crippen LogP contribution >= 0.6 is 11.8 Å². The smallest absolute Gasteiger partial charge is 0.129 e. The predicted molar refractivity (Wildman–Crippen MR) is 80.3 cm³/mol. The summed E-state index contributed by atoms with van der Waals surface area (Å²) in [4.78, 5) is 7.21. The van der Waals surface area contributed by atoms with Crippen molar-refractivity contribution in [2.75, 3.05) is 29.5 Å². The summed E-state index contributed by atoms with van der Waals surface area (Å²) in [5.41, 5.74) is 8.19. The third-order valence-electron chi connectivity index (χ3n) is 3.21. The zero-order valence-electron chi connectivity index (χ0n) is 11.2. The third-order valence-corrected chi connectivity index (χ3v) is 4.26. The van der Waals surface area contributed by atoms with Gasteiger partial charge in [-0.25, -0.2) is 4.98 Å². The lowest BCUT2D eigenvalue weighted by atomic mass is 10.1. The quantitative estimate of drug-likeness (QED) is 0.908. The normalized spacial score (nSPS) is 16.7. The van der Waals surface area contributed by atoms with Gasteiger partial charge in [0.1, 0.15) is 5.82 Å². The fourth-order valence-corrected chi connectivity index (χ4v) is 3.16. The first-order valence-corrected chi connectivity index (χ1v) is 8.01. The third kappa shape index (κ3) is 3.62. The van der Waals surface area contributed by atoms with Crippen LogP contribution in [-0.4, -0.2) is 29.6 Å². The van der Waals surface area contributed by atoms with Crippen LogP contribution in [0.3, 0.4) is 0 Å². The summed E-state index contributed by atoms with van der Waals surface area (Å²) < 4.78 is 0. The molecule has 1 aliphatic heterocycles. The molecule has 2 N–H and O–H groups in total. The molecule has 0 bridgehead atoms. The topological polar surface area (TPSA) is 42.1 Å². The second-order valence-corrected chi connectivity index (χ2v) is 5.96. The Morgan fingerprint density at radius 3 is 3.00 bits per heavy atom. The standard InChI is InChI=1S/C14H23N3S/c1-2-4-13-9-12(11-15)10-14(16-13)17-5-3-7-18-8-6-17/h9-10H,2-8,11,15H2,1H3.